The number of halogens is 4. The number of carbonyl (C=O) groups is 1. The average Bonchev–Trinajstić information content (AvgIpc) is 3.10. The van der Waals surface area contributed by atoms with Crippen LogP contribution in [0.5, 0.6) is 0 Å². The van der Waals surface area contributed by atoms with Gasteiger partial charge in [0.05, 0.1) is 30.0 Å². The molecule has 0 aromatic heterocycles. The zero-order chi connectivity index (χ0) is 28.0. The molecule has 0 aliphatic heterocycles. The highest BCUT2D eigenvalue weighted by Crippen LogP contribution is 2.42. The van der Waals surface area contributed by atoms with Crippen LogP contribution < -0.4 is 0 Å². The van der Waals surface area contributed by atoms with Crippen LogP contribution in [0.4, 0.5) is 17.6 Å². The van der Waals surface area contributed by atoms with Gasteiger partial charge in [-0.05, 0) is 69.2 Å². The van der Waals surface area contributed by atoms with Crippen LogP contribution in [0, 0.1) is 17.7 Å². The molecule has 9 heteroatoms. The number of rotatable bonds is 12. The van der Waals surface area contributed by atoms with Crippen LogP contribution in [0.25, 0.3) is 10.8 Å². The summed E-state index contributed by atoms with van der Waals surface area (Å²) in [7, 11) is 0. The Labute approximate surface area is 220 Å². The molecule has 1 fully saturated rings. The second kappa shape index (κ2) is 13.2. The number of carbonyl (C=O) groups excluding carboxylic acids is 1. The van der Waals surface area contributed by atoms with Gasteiger partial charge in [0.25, 0.3) is 0 Å². The Morgan fingerprint density at radius 2 is 1.66 bits per heavy atom. The molecule has 0 amide bonds. The Hall–Kier alpha value is -2.23. The number of hydrogen-bond acceptors (Lipinski definition) is 5. The summed E-state index contributed by atoms with van der Waals surface area (Å²) in [5, 5.41) is 31.3. The van der Waals surface area contributed by atoms with Gasteiger partial charge in [-0.3, -0.25) is 4.79 Å². The molecule has 0 heterocycles. The van der Waals surface area contributed by atoms with E-state index in [0.29, 0.717) is 25.7 Å². The summed E-state index contributed by atoms with van der Waals surface area (Å²) in [6.07, 6.45) is -2.92. The van der Waals surface area contributed by atoms with Crippen molar-refractivity contribution in [2.45, 2.75) is 102 Å². The largest absolute Gasteiger partial charge is 0.463 e. The third kappa shape index (κ3) is 7.67. The van der Waals surface area contributed by atoms with Crippen molar-refractivity contribution in [2.75, 3.05) is 0 Å². The van der Waals surface area contributed by atoms with E-state index < -0.39 is 41.3 Å². The molecular formula is C29H38F4O5. The van der Waals surface area contributed by atoms with Crippen molar-refractivity contribution in [3.8, 4) is 0 Å². The van der Waals surface area contributed by atoms with Crippen molar-refractivity contribution < 1.29 is 42.4 Å². The van der Waals surface area contributed by atoms with Crippen LogP contribution in [0.1, 0.15) is 88.9 Å². The molecule has 5 nitrogen and oxygen atoms in total. The maximum Gasteiger partial charge on any atom is 0.417 e. The van der Waals surface area contributed by atoms with Gasteiger partial charge in [0.15, 0.2) is 0 Å². The first-order valence-corrected chi connectivity index (χ1v) is 13.4. The zero-order valence-electron chi connectivity index (χ0n) is 21.9. The lowest BCUT2D eigenvalue weighted by Crippen LogP contribution is -2.23. The number of aliphatic hydroxyl groups excluding tert-OH is 3. The molecule has 3 rings (SSSR count). The maximum atomic E-state index is 15.2. The number of aliphatic hydroxyl groups is 3. The van der Waals surface area contributed by atoms with Gasteiger partial charge >= 0.3 is 12.1 Å². The second-order valence-electron chi connectivity index (χ2n) is 10.7. The summed E-state index contributed by atoms with van der Waals surface area (Å²) < 4.78 is 60.7. The summed E-state index contributed by atoms with van der Waals surface area (Å²) in [6, 6.07) is 6.10. The van der Waals surface area contributed by atoms with Crippen molar-refractivity contribution in [3.05, 3.63) is 47.3 Å². The summed E-state index contributed by atoms with van der Waals surface area (Å²) in [5.74, 6) is -1.81. The van der Waals surface area contributed by atoms with Gasteiger partial charge in [-0.25, -0.2) is 4.39 Å². The van der Waals surface area contributed by atoms with Crippen molar-refractivity contribution in [2.24, 2.45) is 11.8 Å². The Morgan fingerprint density at radius 1 is 1.00 bits per heavy atom. The van der Waals surface area contributed by atoms with E-state index in [0.717, 1.165) is 25.3 Å². The normalized spacial score (nSPS) is 22.8. The summed E-state index contributed by atoms with van der Waals surface area (Å²) in [5.41, 5.74) is -1.30. The monoisotopic (exact) mass is 542 g/mol. The number of ether oxygens (including phenoxy) is 1. The van der Waals surface area contributed by atoms with Crippen LogP contribution >= 0.6 is 0 Å². The minimum absolute atomic E-state index is 0.0412. The highest BCUT2D eigenvalue weighted by molar-refractivity contribution is 5.87. The van der Waals surface area contributed by atoms with Gasteiger partial charge in [-0.1, -0.05) is 43.5 Å². The van der Waals surface area contributed by atoms with E-state index >= 15 is 4.39 Å². The molecule has 1 aliphatic rings. The van der Waals surface area contributed by atoms with Crippen LogP contribution in [0.2, 0.25) is 0 Å². The van der Waals surface area contributed by atoms with E-state index in [1.165, 1.54) is 24.3 Å². The van der Waals surface area contributed by atoms with Gasteiger partial charge < -0.3 is 20.1 Å². The minimum atomic E-state index is -4.74. The molecule has 0 radical (unpaired) electrons. The number of unbranched alkanes of at least 4 members (excludes halogenated alkanes) is 3. The van der Waals surface area contributed by atoms with E-state index in [4.69, 9.17) is 4.74 Å². The molecule has 1 aliphatic carbocycles. The molecule has 3 N–H and O–H groups in total. The fourth-order valence-corrected chi connectivity index (χ4v) is 5.66. The predicted octanol–water partition coefficient (Wildman–Crippen LogP) is 6.46. The standard InChI is InChI=1S/C29H38F4O5/c1-17(2)38-26(37)11-6-4-3-5-9-19-20(25(36)16-24(19)35)14-15-23(34)21-13-12-18-8-7-10-22(29(31,32)33)27(18)28(21)30/h7-8,10,12-13,17,19-20,23-25,34-36H,3-6,9,11,14-16H2,1-2H3/t19?,20?,23?,24-,25+/m0/s1. The first-order valence-electron chi connectivity index (χ1n) is 13.4. The van der Waals surface area contributed by atoms with Crippen molar-refractivity contribution in [3.63, 3.8) is 0 Å². The van der Waals surface area contributed by atoms with E-state index in [-0.39, 0.29) is 47.7 Å². The highest BCUT2D eigenvalue weighted by Gasteiger charge is 2.41. The highest BCUT2D eigenvalue weighted by atomic mass is 19.4. The fraction of sp³-hybridized carbons (Fsp3) is 0.621. The van der Waals surface area contributed by atoms with Crippen molar-refractivity contribution in [1.82, 2.24) is 0 Å². The van der Waals surface area contributed by atoms with Crippen LogP contribution in [0.15, 0.2) is 30.3 Å². The zero-order valence-corrected chi connectivity index (χ0v) is 21.9. The van der Waals surface area contributed by atoms with Gasteiger partial charge in [0.1, 0.15) is 5.82 Å². The van der Waals surface area contributed by atoms with Gasteiger partial charge in [0.2, 0.25) is 0 Å². The molecule has 212 valence electrons. The summed E-state index contributed by atoms with van der Waals surface area (Å²) >= 11 is 0. The summed E-state index contributed by atoms with van der Waals surface area (Å²) in [4.78, 5) is 11.6. The van der Waals surface area contributed by atoms with E-state index in [9.17, 15) is 33.3 Å². The Balaban J connectivity index is 1.57. The molecule has 38 heavy (non-hydrogen) atoms. The number of hydrogen-bond donors (Lipinski definition) is 3. The number of fused-ring (bicyclic) bond motifs is 1. The Morgan fingerprint density at radius 3 is 2.32 bits per heavy atom. The van der Waals surface area contributed by atoms with Crippen LogP contribution in [0.3, 0.4) is 0 Å². The van der Waals surface area contributed by atoms with Crippen molar-refractivity contribution >= 4 is 16.7 Å². The first kappa shape index (κ1) is 30.3. The maximum absolute atomic E-state index is 15.2. The van der Waals surface area contributed by atoms with E-state index in [1.54, 1.807) is 13.8 Å². The third-order valence-corrected chi connectivity index (χ3v) is 7.51. The quantitative estimate of drug-likeness (QED) is 0.163. The molecule has 3 unspecified atom stereocenters. The number of benzene rings is 2. The fourth-order valence-electron chi connectivity index (χ4n) is 5.66. The SMILES string of the molecule is CC(C)OC(=O)CCCCCCC1C(CCC(O)c2ccc3cccc(C(F)(F)F)c3c2F)[C@H](O)C[C@@H]1O. The van der Waals surface area contributed by atoms with Gasteiger partial charge in [-0.2, -0.15) is 13.2 Å². The van der Waals surface area contributed by atoms with E-state index in [2.05, 4.69) is 0 Å². The molecule has 2 aromatic carbocycles. The van der Waals surface area contributed by atoms with E-state index in [1.807, 2.05) is 0 Å². The molecule has 2 aromatic rings. The van der Waals surface area contributed by atoms with Gasteiger partial charge in [-0.15, -0.1) is 0 Å². The molecule has 0 spiro atoms. The third-order valence-electron chi connectivity index (χ3n) is 7.51. The molecule has 0 saturated heterocycles. The Bertz CT molecular complexity index is 1070. The Kier molecular flexibility index (Phi) is 10.5. The first-order chi connectivity index (χ1) is 17.9. The van der Waals surface area contributed by atoms with Crippen LogP contribution in [-0.4, -0.2) is 39.6 Å². The lowest BCUT2D eigenvalue weighted by Gasteiger charge is -2.25. The molecule has 0 bridgehead atoms. The number of esters is 1. The van der Waals surface area contributed by atoms with Crippen molar-refractivity contribution in [1.29, 1.82) is 0 Å². The average molecular weight is 543 g/mol. The minimum Gasteiger partial charge on any atom is -0.463 e. The second-order valence-corrected chi connectivity index (χ2v) is 10.7. The molecule has 1 saturated carbocycles. The molecule has 5 atom stereocenters. The lowest BCUT2D eigenvalue weighted by atomic mass is 9.84. The van der Waals surface area contributed by atoms with Crippen LogP contribution in [-0.2, 0) is 15.7 Å². The number of alkyl halides is 3. The predicted molar refractivity (Wildman–Crippen MR) is 136 cm³/mol. The van der Waals surface area contributed by atoms with Gasteiger partial charge in [0, 0.05) is 17.4 Å². The lowest BCUT2D eigenvalue weighted by molar-refractivity contribution is -0.147. The topological polar surface area (TPSA) is 87.0 Å². The molecular weight excluding hydrogens is 504 g/mol. The summed E-state index contributed by atoms with van der Waals surface area (Å²) in [6.45, 7) is 3.60. The smallest absolute Gasteiger partial charge is 0.417 e.